The number of ether oxygens (including phenoxy) is 2. The normalized spacial score (nSPS) is 11.2. The summed E-state index contributed by atoms with van der Waals surface area (Å²) in [6, 6.07) is 5.44. The van der Waals surface area contributed by atoms with Gasteiger partial charge in [0.05, 0.1) is 14.2 Å². The van der Waals surface area contributed by atoms with E-state index in [1.165, 1.54) is 0 Å². The van der Waals surface area contributed by atoms with Crippen LogP contribution >= 0.6 is 0 Å². The highest BCUT2D eigenvalue weighted by molar-refractivity contribution is 5.96. The Labute approximate surface area is 122 Å². The van der Waals surface area contributed by atoms with Gasteiger partial charge in [-0.05, 0) is 37.4 Å². The van der Waals surface area contributed by atoms with Crippen molar-refractivity contribution in [1.29, 1.82) is 0 Å². The number of carboxylic acids is 1. The zero-order valence-electron chi connectivity index (χ0n) is 12.4. The number of pyridine rings is 1. The second kappa shape index (κ2) is 5.47. The third-order valence-corrected chi connectivity index (χ3v) is 3.23. The number of nitrogens with zero attached hydrogens (tertiary/aromatic N) is 1. The number of carbonyl (C=O) groups is 1. The van der Waals surface area contributed by atoms with Gasteiger partial charge in [0.15, 0.2) is 11.5 Å². The molecule has 0 spiro atoms. The van der Waals surface area contributed by atoms with E-state index in [-0.39, 0.29) is 0 Å². The van der Waals surface area contributed by atoms with E-state index in [0.717, 1.165) is 10.8 Å². The zero-order chi connectivity index (χ0) is 15.6. The monoisotopic (exact) mass is 290 g/mol. The molecule has 0 bridgehead atoms. The number of hydrogen-bond acceptors (Lipinski definition) is 5. The molecule has 2 rings (SSSR count). The maximum atomic E-state index is 11.3. The molecule has 1 heterocycles. The Morgan fingerprint density at radius 2 is 1.86 bits per heavy atom. The summed E-state index contributed by atoms with van der Waals surface area (Å²) in [5.74, 6) is 0.705. The van der Waals surface area contributed by atoms with Crippen molar-refractivity contribution in [2.45, 2.75) is 19.4 Å². The summed E-state index contributed by atoms with van der Waals surface area (Å²) in [5, 5.41) is 13.8. The van der Waals surface area contributed by atoms with E-state index in [4.69, 9.17) is 9.47 Å². The van der Waals surface area contributed by atoms with Crippen molar-refractivity contribution in [3.05, 3.63) is 24.4 Å². The van der Waals surface area contributed by atoms with Crippen LogP contribution in [0.5, 0.6) is 11.5 Å². The summed E-state index contributed by atoms with van der Waals surface area (Å²) in [7, 11) is 3.12. The fourth-order valence-electron chi connectivity index (χ4n) is 1.95. The van der Waals surface area contributed by atoms with Crippen LogP contribution in [0.3, 0.4) is 0 Å². The van der Waals surface area contributed by atoms with Crippen molar-refractivity contribution in [1.82, 2.24) is 4.98 Å². The number of methoxy groups -OCH3 is 2. The Morgan fingerprint density at radius 1 is 1.24 bits per heavy atom. The van der Waals surface area contributed by atoms with Crippen LogP contribution in [0, 0.1) is 0 Å². The standard InChI is InChI=1S/C15H18N2O4/c1-15(2,14(18)19)17-13-10-8-12(21-4)11(20-3)7-9(10)5-6-16-13/h5-8H,1-4H3,(H,16,17)(H,18,19). The molecule has 0 atom stereocenters. The molecule has 1 aromatic carbocycles. The first-order valence-corrected chi connectivity index (χ1v) is 6.41. The van der Waals surface area contributed by atoms with Gasteiger partial charge >= 0.3 is 5.97 Å². The van der Waals surface area contributed by atoms with Crippen molar-refractivity contribution in [3.63, 3.8) is 0 Å². The van der Waals surface area contributed by atoms with E-state index >= 15 is 0 Å². The molecule has 2 N–H and O–H groups in total. The third kappa shape index (κ3) is 2.84. The number of nitrogens with one attached hydrogen (secondary N) is 1. The zero-order valence-corrected chi connectivity index (χ0v) is 12.4. The minimum absolute atomic E-state index is 0.487. The molecule has 0 aliphatic heterocycles. The Morgan fingerprint density at radius 3 is 2.43 bits per heavy atom. The highest BCUT2D eigenvalue weighted by Crippen LogP contribution is 2.35. The lowest BCUT2D eigenvalue weighted by atomic mass is 10.0. The number of fused-ring (bicyclic) bond motifs is 1. The van der Waals surface area contributed by atoms with Crippen LogP contribution in [0.1, 0.15) is 13.8 Å². The number of carboxylic acid groups (broad SMARTS) is 1. The molecule has 6 nitrogen and oxygen atoms in total. The topological polar surface area (TPSA) is 80.7 Å². The summed E-state index contributed by atoms with van der Waals surface area (Å²) < 4.78 is 10.5. The van der Waals surface area contributed by atoms with Gasteiger partial charge in [0.2, 0.25) is 0 Å². The minimum Gasteiger partial charge on any atom is -0.493 e. The average Bonchev–Trinajstić information content (AvgIpc) is 2.45. The quantitative estimate of drug-likeness (QED) is 0.880. The fraction of sp³-hybridized carbons (Fsp3) is 0.333. The van der Waals surface area contributed by atoms with Crippen molar-refractivity contribution in [2.24, 2.45) is 0 Å². The van der Waals surface area contributed by atoms with E-state index in [9.17, 15) is 9.90 Å². The lowest BCUT2D eigenvalue weighted by molar-refractivity contribution is -0.141. The van der Waals surface area contributed by atoms with Crippen molar-refractivity contribution >= 4 is 22.6 Å². The SMILES string of the molecule is COc1cc2ccnc(NC(C)(C)C(=O)O)c2cc1OC. The number of aliphatic carboxylic acids is 1. The van der Waals surface area contributed by atoms with Gasteiger partial charge in [0, 0.05) is 11.6 Å². The van der Waals surface area contributed by atoms with E-state index in [1.807, 2.05) is 12.1 Å². The molecule has 0 saturated carbocycles. The third-order valence-electron chi connectivity index (χ3n) is 3.23. The van der Waals surface area contributed by atoms with Gasteiger partial charge in [-0.15, -0.1) is 0 Å². The number of benzene rings is 1. The molecule has 0 radical (unpaired) electrons. The second-order valence-electron chi connectivity index (χ2n) is 5.14. The van der Waals surface area contributed by atoms with Crippen molar-refractivity contribution < 1.29 is 19.4 Å². The molecule has 0 amide bonds. The molecule has 0 saturated heterocycles. The van der Waals surface area contributed by atoms with E-state index in [1.54, 1.807) is 40.3 Å². The first-order valence-electron chi connectivity index (χ1n) is 6.41. The van der Waals surface area contributed by atoms with Crippen LogP contribution in [-0.4, -0.2) is 35.8 Å². The van der Waals surface area contributed by atoms with Gasteiger partial charge < -0.3 is 19.9 Å². The molecule has 0 fully saturated rings. The number of hydrogen-bond donors (Lipinski definition) is 2. The van der Waals surface area contributed by atoms with Crippen LogP contribution in [0.25, 0.3) is 10.8 Å². The highest BCUT2D eigenvalue weighted by Gasteiger charge is 2.28. The van der Waals surface area contributed by atoms with Crippen molar-refractivity contribution in [3.8, 4) is 11.5 Å². The first kappa shape index (κ1) is 14.9. The first-order chi connectivity index (χ1) is 9.89. The van der Waals surface area contributed by atoms with E-state index < -0.39 is 11.5 Å². The minimum atomic E-state index is -1.13. The molecule has 0 aliphatic rings. The Hall–Kier alpha value is -2.50. The summed E-state index contributed by atoms with van der Waals surface area (Å²) in [6.07, 6.45) is 1.62. The maximum Gasteiger partial charge on any atom is 0.328 e. The van der Waals surface area contributed by atoms with Gasteiger partial charge in [0.1, 0.15) is 11.4 Å². The van der Waals surface area contributed by atoms with Crippen LogP contribution in [-0.2, 0) is 4.79 Å². The molecule has 6 heteroatoms. The van der Waals surface area contributed by atoms with Gasteiger partial charge in [-0.25, -0.2) is 9.78 Å². The predicted octanol–water partition coefficient (Wildman–Crippen LogP) is 2.53. The Kier molecular flexibility index (Phi) is 3.88. The smallest absolute Gasteiger partial charge is 0.328 e. The van der Waals surface area contributed by atoms with E-state index in [0.29, 0.717) is 17.3 Å². The molecule has 1 aromatic heterocycles. The van der Waals surface area contributed by atoms with Gasteiger partial charge in [-0.1, -0.05) is 0 Å². The van der Waals surface area contributed by atoms with Gasteiger partial charge in [-0.2, -0.15) is 0 Å². The highest BCUT2D eigenvalue weighted by atomic mass is 16.5. The lowest BCUT2D eigenvalue weighted by Gasteiger charge is -2.22. The number of rotatable bonds is 5. The molecular weight excluding hydrogens is 272 g/mol. The van der Waals surface area contributed by atoms with Crippen LogP contribution in [0.4, 0.5) is 5.82 Å². The Balaban J connectivity index is 2.57. The molecular formula is C15H18N2O4. The maximum absolute atomic E-state index is 11.3. The lowest BCUT2D eigenvalue weighted by Crippen LogP contribution is -2.40. The predicted molar refractivity (Wildman–Crippen MR) is 80.2 cm³/mol. The van der Waals surface area contributed by atoms with Crippen LogP contribution < -0.4 is 14.8 Å². The largest absolute Gasteiger partial charge is 0.493 e. The molecule has 21 heavy (non-hydrogen) atoms. The molecule has 0 unspecified atom stereocenters. The van der Waals surface area contributed by atoms with Crippen LogP contribution in [0.2, 0.25) is 0 Å². The molecule has 2 aromatic rings. The number of aromatic nitrogens is 1. The average molecular weight is 290 g/mol. The summed E-state index contributed by atoms with van der Waals surface area (Å²) in [5.41, 5.74) is -1.13. The molecule has 0 aliphatic carbocycles. The van der Waals surface area contributed by atoms with Crippen LogP contribution in [0.15, 0.2) is 24.4 Å². The summed E-state index contributed by atoms with van der Waals surface area (Å²) >= 11 is 0. The van der Waals surface area contributed by atoms with Gasteiger partial charge in [-0.3, -0.25) is 0 Å². The van der Waals surface area contributed by atoms with Crippen molar-refractivity contribution in [2.75, 3.05) is 19.5 Å². The summed E-state index contributed by atoms with van der Waals surface area (Å²) in [4.78, 5) is 15.5. The fourth-order valence-corrected chi connectivity index (χ4v) is 1.95. The number of anilines is 1. The van der Waals surface area contributed by atoms with Gasteiger partial charge in [0.25, 0.3) is 0 Å². The second-order valence-corrected chi connectivity index (χ2v) is 5.14. The summed E-state index contributed by atoms with van der Waals surface area (Å²) in [6.45, 7) is 3.16. The Bertz CT molecular complexity index is 683. The molecule has 112 valence electrons. The van der Waals surface area contributed by atoms with E-state index in [2.05, 4.69) is 10.3 Å².